The Kier molecular flexibility index (Phi) is 4.45. The maximum Gasteiger partial charge on any atom is 0.471 e. The third-order valence-electron chi connectivity index (χ3n) is 4.03. The Labute approximate surface area is 155 Å². The van der Waals surface area contributed by atoms with E-state index in [-0.39, 0.29) is 35.0 Å². The molecule has 146 valence electrons. The molecule has 1 aliphatic rings. The lowest BCUT2D eigenvalue weighted by atomic mass is 10.2. The van der Waals surface area contributed by atoms with E-state index in [9.17, 15) is 18.0 Å². The molecule has 1 atom stereocenters. The van der Waals surface area contributed by atoms with Gasteiger partial charge in [-0.25, -0.2) is 9.97 Å². The molecule has 0 aliphatic carbocycles. The Morgan fingerprint density at radius 2 is 2.14 bits per heavy atom. The molecule has 0 aromatic carbocycles. The standard InChI is InChI=1S/C16H12F3N5O4/c17-16(18,19)15-22-13(23-28-15)9-1-2-12(20-5-9)27-10-3-4-24(6-10)14(25)11-7-26-8-21-11/h1-2,5,7-8,10H,3-4,6H2/t10-/m0/s1. The molecule has 0 spiro atoms. The van der Waals surface area contributed by atoms with Gasteiger partial charge >= 0.3 is 12.1 Å². The Hall–Kier alpha value is -3.44. The van der Waals surface area contributed by atoms with Crippen molar-refractivity contribution in [2.24, 2.45) is 0 Å². The minimum Gasteiger partial charge on any atom is -0.472 e. The first-order chi connectivity index (χ1) is 13.4. The third-order valence-corrected chi connectivity index (χ3v) is 4.03. The van der Waals surface area contributed by atoms with Crippen molar-refractivity contribution < 1.29 is 31.6 Å². The lowest BCUT2D eigenvalue weighted by Gasteiger charge is -2.15. The molecule has 1 fully saturated rings. The summed E-state index contributed by atoms with van der Waals surface area (Å²) in [6.07, 6.45) is -0.626. The van der Waals surface area contributed by atoms with E-state index < -0.39 is 12.1 Å². The van der Waals surface area contributed by atoms with Crippen LogP contribution in [0.1, 0.15) is 22.8 Å². The van der Waals surface area contributed by atoms with Crippen LogP contribution >= 0.6 is 0 Å². The van der Waals surface area contributed by atoms with E-state index in [4.69, 9.17) is 9.15 Å². The summed E-state index contributed by atoms with van der Waals surface area (Å²) < 4.78 is 52.3. The Morgan fingerprint density at radius 3 is 2.79 bits per heavy atom. The summed E-state index contributed by atoms with van der Waals surface area (Å²) in [7, 11) is 0. The zero-order valence-electron chi connectivity index (χ0n) is 14.1. The van der Waals surface area contributed by atoms with Gasteiger partial charge in [0.15, 0.2) is 12.1 Å². The Balaban J connectivity index is 1.37. The molecular weight excluding hydrogens is 383 g/mol. The predicted octanol–water partition coefficient (Wildman–Crippen LogP) is 2.43. The number of hydrogen-bond donors (Lipinski definition) is 0. The molecule has 3 aromatic rings. The second-order valence-corrected chi connectivity index (χ2v) is 5.96. The van der Waals surface area contributed by atoms with Crippen LogP contribution in [0.3, 0.4) is 0 Å². The normalized spacial score (nSPS) is 17.1. The van der Waals surface area contributed by atoms with Crippen molar-refractivity contribution in [1.29, 1.82) is 0 Å². The molecular formula is C16H12F3N5O4. The first-order valence-corrected chi connectivity index (χ1v) is 8.11. The van der Waals surface area contributed by atoms with Gasteiger partial charge in [-0.3, -0.25) is 4.79 Å². The molecule has 4 rings (SSSR count). The number of alkyl halides is 3. The van der Waals surface area contributed by atoms with Crippen molar-refractivity contribution in [3.8, 4) is 17.3 Å². The van der Waals surface area contributed by atoms with Crippen LogP contribution in [0, 0.1) is 0 Å². The van der Waals surface area contributed by atoms with Crippen LogP contribution < -0.4 is 4.74 Å². The van der Waals surface area contributed by atoms with Crippen molar-refractivity contribution in [3.05, 3.63) is 42.6 Å². The molecule has 1 saturated heterocycles. The third kappa shape index (κ3) is 3.66. The highest BCUT2D eigenvalue weighted by molar-refractivity contribution is 5.92. The van der Waals surface area contributed by atoms with Gasteiger partial charge in [-0.15, -0.1) is 0 Å². The lowest BCUT2D eigenvalue weighted by Crippen LogP contribution is -2.31. The van der Waals surface area contributed by atoms with E-state index in [1.807, 2.05) is 0 Å². The van der Waals surface area contributed by atoms with Crippen LogP contribution in [0.15, 0.2) is 39.9 Å². The van der Waals surface area contributed by atoms with Gasteiger partial charge < -0.3 is 18.6 Å². The van der Waals surface area contributed by atoms with E-state index in [0.29, 0.717) is 19.5 Å². The number of carbonyl (C=O) groups excluding carboxylic acids is 1. The number of hydrogen-bond acceptors (Lipinski definition) is 8. The second kappa shape index (κ2) is 6.94. The minimum atomic E-state index is -4.71. The number of amides is 1. The summed E-state index contributed by atoms with van der Waals surface area (Å²) in [6.45, 7) is 0.854. The number of ether oxygens (including phenoxy) is 1. The summed E-state index contributed by atoms with van der Waals surface area (Å²) in [5.74, 6) is -1.63. The number of likely N-dealkylation sites (tertiary alicyclic amines) is 1. The van der Waals surface area contributed by atoms with E-state index in [2.05, 4.69) is 24.6 Å². The monoisotopic (exact) mass is 395 g/mol. The average Bonchev–Trinajstić information content (AvgIpc) is 3.42. The van der Waals surface area contributed by atoms with Crippen LogP contribution in [0.4, 0.5) is 13.2 Å². The second-order valence-electron chi connectivity index (χ2n) is 5.96. The first kappa shape index (κ1) is 17.9. The molecule has 9 nitrogen and oxygen atoms in total. The Bertz CT molecular complexity index is 956. The fourth-order valence-corrected chi connectivity index (χ4v) is 2.70. The van der Waals surface area contributed by atoms with Crippen molar-refractivity contribution in [3.63, 3.8) is 0 Å². The van der Waals surface area contributed by atoms with Crippen LogP contribution in [-0.2, 0) is 6.18 Å². The fourth-order valence-electron chi connectivity index (χ4n) is 2.70. The lowest BCUT2D eigenvalue weighted by molar-refractivity contribution is -0.159. The summed E-state index contributed by atoms with van der Waals surface area (Å²) in [5, 5.41) is 3.29. The largest absolute Gasteiger partial charge is 0.472 e. The fraction of sp³-hybridized carbons (Fsp3) is 0.312. The number of aromatic nitrogens is 4. The highest BCUT2D eigenvalue weighted by atomic mass is 19.4. The predicted molar refractivity (Wildman–Crippen MR) is 84.0 cm³/mol. The zero-order valence-corrected chi connectivity index (χ0v) is 14.1. The number of halogens is 3. The maximum absolute atomic E-state index is 12.5. The maximum atomic E-state index is 12.5. The van der Waals surface area contributed by atoms with Crippen molar-refractivity contribution in [2.75, 3.05) is 13.1 Å². The summed E-state index contributed by atoms with van der Waals surface area (Å²) in [6, 6.07) is 2.96. The van der Waals surface area contributed by atoms with Crippen LogP contribution in [0.25, 0.3) is 11.4 Å². The van der Waals surface area contributed by atoms with Crippen molar-refractivity contribution >= 4 is 5.91 Å². The molecule has 12 heteroatoms. The van der Waals surface area contributed by atoms with E-state index in [1.165, 1.54) is 31.0 Å². The van der Waals surface area contributed by atoms with Gasteiger partial charge in [-0.05, 0) is 6.07 Å². The molecule has 0 N–H and O–H groups in total. The minimum absolute atomic E-state index is 0.224. The SMILES string of the molecule is O=C(c1cocn1)N1CC[C@H](Oc2ccc(-c3noc(C(F)(F)F)n3)cn2)C1. The number of carbonyl (C=O) groups is 1. The smallest absolute Gasteiger partial charge is 0.471 e. The number of pyridine rings is 1. The van der Waals surface area contributed by atoms with Gasteiger partial charge in [0, 0.05) is 30.8 Å². The molecule has 0 bridgehead atoms. The quantitative estimate of drug-likeness (QED) is 0.663. The van der Waals surface area contributed by atoms with E-state index in [1.54, 1.807) is 4.90 Å². The number of rotatable bonds is 4. The van der Waals surface area contributed by atoms with Crippen molar-refractivity contribution in [1.82, 2.24) is 25.0 Å². The highest BCUT2D eigenvalue weighted by Gasteiger charge is 2.38. The van der Waals surface area contributed by atoms with Gasteiger partial charge in [-0.2, -0.15) is 18.2 Å². The van der Waals surface area contributed by atoms with Gasteiger partial charge in [-0.1, -0.05) is 5.16 Å². The van der Waals surface area contributed by atoms with E-state index >= 15 is 0 Å². The molecule has 0 radical (unpaired) electrons. The van der Waals surface area contributed by atoms with Gasteiger partial charge in [0.05, 0.1) is 6.54 Å². The van der Waals surface area contributed by atoms with Crippen LogP contribution in [-0.4, -0.2) is 50.1 Å². The highest BCUT2D eigenvalue weighted by Crippen LogP contribution is 2.29. The molecule has 3 aromatic heterocycles. The summed E-state index contributed by atoms with van der Waals surface area (Å²) in [4.78, 5) is 25.0. The van der Waals surface area contributed by atoms with Gasteiger partial charge in [0.2, 0.25) is 11.7 Å². The Morgan fingerprint density at radius 1 is 1.29 bits per heavy atom. The first-order valence-electron chi connectivity index (χ1n) is 8.11. The molecule has 0 unspecified atom stereocenters. The summed E-state index contributed by atoms with van der Waals surface area (Å²) >= 11 is 0. The van der Waals surface area contributed by atoms with Gasteiger partial charge in [0.25, 0.3) is 5.91 Å². The molecule has 1 aliphatic heterocycles. The van der Waals surface area contributed by atoms with Crippen molar-refractivity contribution in [2.45, 2.75) is 18.7 Å². The molecule has 4 heterocycles. The van der Waals surface area contributed by atoms with Gasteiger partial charge in [0.1, 0.15) is 12.4 Å². The van der Waals surface area contributed by atoms with Crippen LogP contribution in [0.2, 0.25) is 0 Å². The topological polar surface area (TPSA) is 107 Å². The summed E-state index contributed by atoms with van der Waals surface area (Å²) in [5.41, 5.74) is 0.474. The number of nitrogens with zero attached hydrogens (tertiary/aromatic N) is 5. The average molecular weight is 395 g/mol. The van der Waals surface area contributed by atoms with E-state index in [0.717, 1.165) is 0 Å². The molecule has 0 saturated carbocycles. The zero-order chi connectivity index (χ0) is 19.7. The molecule has 28 heavy (non-hydrogen) atoms. The molecule has 1 amide bonds. The number of oxazole rings is 1. The van der Waals surface area contributed by atoms with Crippen LogP contribution in [0.5, 0.6) is 5.88 Å².